The summed E-state index contributed by atoms with van der Waals surface area (Å²) in [5.74, 6) is 0.683. The number of allylic oxidation sites excluding steroid dienone is 1. The molecule has 3 aromatic carbocycles. The van der Waals surface area contributed by atoms with Gasteiger partial charge in [-0.05, 0) is 46.2 Å². The molecule has 0 aromatic heterocycles. The van der Waals surface area contributed by atoms with Gasteiger partial charge < -0.3 is 9.64 Å². The van der Waals surface area contributed by atoms with E-state index in [0.717, 1.165) is 33.3 Å². The van der Waals surface area contributed by atoms with Gasteiger partial charge in [-0.15, -0.1) is 11.6 Å². The first kappa shape index (κ1) is 17.6. The van der Waals surface area contributed by atoms with Crippen molar-refractivity contribution in [3.8, 4) is 5.75 Å². The number of carbonyl (C=O) groups excluding carboxylic acids is 1. The summed E-state index contributed by atoms with van der Waals surface area (Å²) in [6.45, 7) is 0.610. The molecule has 4 rings (SSSR count). The van der Waals surface area contributed by atoms with E-state index in [0.29, 0.717) is 12.5 Å². The number of hydrogen-bond donors (Lipinski definition) is 0. The molecule has 1 aliphatic rings. The van der Waals surface area contributed by atoms with Gasteiger partial charge in [0, 0.05) is 12.2 Å². The summed E-state index contributed by atoms with van der Waals surface area (Å²) in [6, 6.07) is 20.4. The van der Waals surface area contributed by atoms with Gasteiger partial charge in [0.1, 0.15) is 5.75 Å². The molecule has 0 aliphatic carbocycles. The zero-order chi connectivity index (χ0) is 18.8. The predicted molar refractivity (Wildman–Crippen MR) is 112 cm³/mol. The second-order valence-corrected chi connectivity index (χ2v) is 6.86. The Hall–Kier alpha value is -2.78. The Morgan fingerprint density at radius 1 is 1.15 bits per heavy atom. The summed E-state index contributed by atoms with van der Waals surface area (Å²) in [5.41, 5.74) is 3.10. The molecule has 1 atom stereocenters. The number of nitrogens with zero attached hydrogens (tertiary/aromatic N) is 1. The molecule has 0 bridgehead atoms. The quantitative estimate of drug-likeness (QED) is 0.346. The fourth-order valence-electron chi connectivity index (χ4n) is 3.69. The van der Waals surface area contributed by atoms with Gasteiger partial charge in [0.25, 0.3) is 0 Å². The van der Waals surface area contributed by atoms with Crippen LogP contribution in [0.1, 0.15) is 17.0 Å². The molecule has 3 nitrogen and oxygen atoms in total. The van der Waals surface area contributed by atoms with Crippen LogP contribution in [0.3, 0.4) is 0 Å². The van der Waals surface area contributed by atoms with E-state index in [1.807, 2.05) is 42.5 Å². The number of ketones is 1. The van der Waals surface area contributed by atoms with Gasteiger partial charge in [0.2, 0.25) is 0 Å². The maximum Gasteiger partial charge on any atom is 0.165 e. The summed E-state index contributed by atoms with van der Waals surface area (Å²) in [7, 11) is 1.64. The zero-order valence-corrected chi connectivity index (χ0v) is 15.8. The molecule has 0 fully saturated rings. The summed E-state index contributed by atoms with van der Waals surface area (Å²) in [4.78, 5) is 15.1. The van der Waals surface area contributed by atoms with E-state index in [1.54, 1.807) is 13.2 Å². The van der Waals surface area contributed by atoms with Crippen molar-refractivity contribution >= 4 is 39.9 Å². The number of ether oxygens (including phenoxy) is 1. The second-order valence-electron chi connectivity index (χ2n) is 6.62. The third-order valence-electron chi connectivity index (χ3n) is 5.08. The van der Waals surface area contributed by atoms with Crippen molar-refractivity contribution in [3.05, 3.63) is 77.9 Å². The first-order valence-electron chi connectivity index (χ1n) is 8.90. The molecule has 0 saturated heterocycles. The number of rotatable bonds is 5. The topological polar surface area (TPSA) is 29.5 Å². The highest BCUT2D eigenvalue weighted by Crippen LogP contribution is 2.41. The first-order valence-corrected chi connectivity index (χ1v) is 9.43. The molecule has 0 N–H and O–H groups in total. The van der Waals surface area contributed by atoms with Crippen LogP contribution in [0.2, 0.25) is 0 Å². The van der Waals surface area contributed by atoms with E-state index >= 15 is 0 Å². The lowest BCUT2D eigenvalue weighted by molar-refractivity contribution is -0.115. The molecule has 136 valence electrons. The lowest BCUT2D eigenvalue weighted by atomic mass is 9.91. The largest absolute Gasteiger partial charge is 0.497 e. The Kier molecular flexibility index (Phi) is 4.87. The number of benzene rings is 3. The van der Waals surface area contributed by atoms with Crippen LogP contribution in [0.4, 0.5) is 5.69 Å². The molecule has 27 heavy (non-hydrogen) atoms. The van der Waals surface area contributed by atoms with E-state index in [1.165, 1.54) is 0 Å². The van der Waals surface area contributed by atoms with Crippen molar-refractivity contribution in [2.75, 3.05) is 24.6 Å². The summed E-state index contributed by atoms with van der Waals surface area (Å²) >= 11 is 6.14. The van der Waals surface area contributed by atoms with Gasteiger partial charge in [-0.1, -0.05) is 48.5 Å². The highest BCUT2D eigenvalue weighted by Gasteiger charge is 2.33. The number of halogens is 1. The van der Waals surface area contributed by atoms with Crippen LogP contribution in [0.15, 0.2) is 66.7 Å². The number of hydrogen-bond acceptors (Lipinski definition) is 3. The minimum atomic E-state index is -0.209. The fraction of sp³-hybridized carbons (Fsp3) is 0.174. The monoisotopic (exact) mass is 377 g/mol. The van der Waals surface area contributed by atoms with Gasteiger partial charge in [0.15, 0.2) is 5.78 Å². The Labute approximate surface area is 163 Å². The highest BCUT2D eigenvalue weighted by molar-refractivity contribution is 6.19. The van der Waals surface area contributed by atoms with Crippen LogP contribution in [0, 0.1) is 0 Å². The highest BCUT2D eigenvalue weighted by atomic mass is 35.5. The minimum Gasteiger partial charge on any atom is -0.497 e. The average Bonchev–Trinajstić information content (AvgIpc) is 3.12. The Balaban J connectivity index is 1.67. The van der Waals surface area contributed by atoms with Crippen molar-refractivity contribution in [2.24, 2.45) is 0 Å². The van der Waals surface area contributed by atoms with Crippen LogP contribution in [0.25, 0.3) is 16.8 Å². The van der Waals surface area contributed by atoms with Crippen LogP contribution >= 0.6 is 11.6 Å². The maximum absolute atomic E-state index is 13.0. The molecule has 1 aliphatic heterocycles. The molecular formula is C23H20ClNO2. The smallest absolute Gasteiger partial charge is 0.165 e. The van der Waals surface area contributed by atoms with Gasteiger partial charge in [-0.3, -0.25) is 4.79 Å². The average molecular weight is 378 g/mol. The van der Waals surface area contributed by atoms with E-state index < -0.39 is 0 Å². The molecule has 0 spiro atoms. The van der Waals surface area contributed by atoms with Crippen LogP contribution in [-0.2, 0) is 4.79 Å². The molecule has 0 saturated carbocycles. The van der Waals surface area contributed by atoms with E-state index in [2.05, 4.69) is 29.2 Å². The van der Waals surface area contributed by atoms with Crippen LogP contribution in [0.5, 0.6) is 5.75 Å². The number of methoxy groups -OCH3 is 1. The fourth-order valence-corrected chi connectivity index (χ4v) is 3.92. The van der Waals surface area contributed by atoms with Crippen molar-refractivity contribution < 1.29 is 9.53 Å². The first-order chi connectivity index (χ1) is 13.2. The molecule has 1 unspecified atom stereocenters. The van der Waals surface area contributed by atoms with Gasteiger partial charge in [-0.25, -0.2) is 0 Å². The van der Waals surface area contributed by atoms with E-state index in [-0.39, 0.29) is 11.7 Å². The Bertz CT molecular complexity index is 1010. The molecule has 4 heteroatoms. The van der Waals surface area contributed by atoms with E-state index in [9.17, 15) is 4.79 Å². The van der Waals surface area contributed by atoms with Crippen molar-refractivity contribution in [3.63, 3.8) is 0 Å². The van der Waals surface area contributed by atoms with Crippen LogP contribution in [-0.4, -0.2) is 25.4 Å². The van der Waals surface area contributed by atoms with Gasteiger partial charge in [-0.2, -0.15) is 0 Å². The van der Waals surface area contributed by atoms with Gasteiger partial charge >= 0.3 is 0 Å². The summed E-state index contributed by atoms with van der Waals surface area (Å²) in [6.07, 6.45) is 3.53. The normalized spacial score (nSPS) is 16.1. The maximum atomic E-state index is 13.0. The molecule has 0 radical (unpaired) electrons. The van der Waals surface area contributed by atoms with Crippen molar-refractivity contribution in [1.29, 1.82) is 0 Å². The number of fused-ring (bicyclic) bond motifs is 3. The third kappa shape index (κ3) is 3.31. The predicted octanol–water partition coefficient (Wildman–Crippen LogP) is 5.23. The van der Waals surface area contributed by atoms with Crippen molar-refractivity contribution in [2.45, 2.75) is 5.92 Å². The Morgan fingerprint density at radius 3 is 2.67 bits per heavy atom. The molecular weight excluding hydrogens is 358 g/mol. The Morgan fingerprint density at radius 2 is 1.93 bits per heavy atom. The standard InChI is InChI=1S/C23H20ClNO2/c1-27-18-10-6-16(7-11-18)8-13-22(26)20-14-25(15-24)21-12-9-17-4-2-3-5-19(17)23(20)21/h2-13,20H,14-15H2,1H3/b13-8+. The van der Waals surface area contributed by atoms with Gasteiger partial charge in [0.05, 0.1) is 19.0 Å². The van der Waals surface area contributed by atoms with Crippen LogP contribution < -0.4 is 9.64 Å². The SMILES string of the molecule is COc1ccc(/C=C/C(=O)C2CN(CCl)c3ccc4ccccc4c32)cc1. The summed E-state index contributed by atoms with van der Waals surface area (Å²) < 4.78 is 5.17. The number of alkyl halides is 1. The van der Waals surface area contributed by atoms with E-state index in [4.69, 9.17) is 16.3 Å². The zero-order valence-electron chi connectivity index (χ0n) is 15.1. The number of anilines is 1. The van der Waals surface area contributed by atoms with Crippen molar-refractivity contribution in [1.82, 2.24) is 0 Å². The second kappa shape index (κ2) is 7.45. The number of carbonyl (C=O) groups is 1. The lowest BCUT2D eigenvalue weighted by Crippen LogP contribution is -2.22. The summed E-state index contributed by atoms with van der Waals surface area (Å²) in [5, 5.41) is 2.27. The molecule has 3 aromatic rings. The minimum absolute atomic E-state index is 0.0936. The molecule has 0 amide bonds. The third-order valence-corrected chi connectivity index (χ3v) is 5.37. The molecule has 1 heterocycles. The lowest BCUT2D eigenvalue weighted by Gasteiger charge is -2.15.